The SMILES string of the molecule is [C-]#[N+]c1c(Cl)nc(CCCC)n1C(C)C. The Hall–Kier alpha value is -1.01. The Balaban J connectivity index is 3.11. The highest BCUT2D eigenvalue weighted by Gasteiger charge is 2.19. The standard InChI is InChI=1S/C11H16ClN3/c1-5-6-7-9-14-10(12)11(13-4)15(9)8(2)3/h8H,5-7H2,1-3H3. The van der Waals surface area contributed by atoms with Gasteiger partial charge in [-0.2, -0.15) is 0 Å². The number of nitrogens with zero attached hydrogens (tertiary/aromatic N) is 3. The molecule has 0 bridgehead atoms. The van der Waals surface area contributed by atoms with Crippen LogP contribution in [-0.4, -0.2) is 9.55 Å². The third-order valence-electron chi connectivity index (χ3n) is 2.29. The van der Waals surface area contributed by atoms with Gasteiger partial charge < -0.3 is 4.85 Å². The van der Waals surface area contributed by atoms with Gasteiger partial charge in [-0.15, -0.1) is 0 Å². The van der Waals surface area contributed by atoms with Crippen molar-refractivity contribution >= 4 is 17.4 Å². The van der Waals surface area contributed by atoms with Crippen molar-refractivity contribution in [3.05, 3.63) is 22.4 Å². The normalized spacial score (nSPS) is 10.7. The molecule has 0 fully saturated rings. The van der Waals surface area contributed by atoms with Crippen molar-refractivity contribution in [3.63, 3.8) is 0 Å². The summed E-state index contributed by atoms with van der Waals surface area (Å²) in [7, 11) is 0. The Morgan fingerprint density at radius 3 is 2.67 bits per heavy atom. The Kier molecular flexibility index (Phi) is 4.16. The first-order valence-electron chi connectivity index (χ1n) is 5.25. The van der Waals surface area contributed by atoms with E-state index in [1.165, 1.54) is 0 Å². The predicted molar refractivity (Wildman–Crippen MR) is 62.5 cm³/mol. The maximum atomic E-state index is 7.09. The fraction of sp³-hybridized carbons (Fsp3) is 0.636. The second-order valence-corrected chi connectivity index (χ2v) is 4.18. The van der Waals surface area contributed by atoms with Crippen molar-refractivity contribution in [1.29, 1.82) is 0 Å². The van der Waals surface area contributed by atoms with Crippen LogP contribution >= 0.6 is 11.6 Å². The topological polar surface area (TPSA) is 22.2 Å². The summed E-state index contributed by atoms with van der Waals surface area (Å²) in [4.78, 5) is 7.69. The van der Waals surface area contributed by atoms with E-state index in [9.17, 15) is 0 Å². The Labute approximate surface area is 95.9 Å². The number of aromatic nitrogens is 2. The van der Waals surface area contributed by atoms with Gasteiger partial charge in [0.25, 0.3) is 5.82 Å². The Morgan fingerprint density at radius 1 is 1.53 bits per heavy atom. The quantitative estimate of drug-likeness (QED) is 0.710. The molecule has 15 heavy (non-hydrogen) atoms. The van der Waals surface area contributed by atoms with Crippen LogP contribution in [0.5, 0.6) is 0 Å². The van der Waals surface area contributed by atoms with Gasteiger partial charge in [-0.05, 0) is 20.3 Å². The van der Waals surface area contributed by atoms with Gasteiger partial charge in [-0.1, -0.05) is 31.5 Å². The van der Waals surface area contributed by atoms with Crippen LogP contribution in [0.15, 0.2) is 0 Å². The minimum atomic E-state index is 0.237. The minimum Gasteiger partial charge on any atom is -0.361 e. The number of aryl methyl sites for hydroxylation is 1. The highest BCUT2D eigenvalue weighted by Crippen LogP contribution is 2.30. The summed E-state index contributed by atoms with van der Waals surface area (Å²) >= 11 is 5.93. The van der Waals surface area contributed by atoms with E-state index in [1.807, 2.05) is 18.4 Å². The van der Waals surface area contributed by atoms with Gasteiger partial charge in [0.2, 0.25) is 0 Å². The molecule has 4 heteroatoms. The molecule has 0 atom stereocenters. The molecule has 1 rings (SSSR count). The Bertz CT molecular complexity index is 374. The van der Waals surface area contributed by atoms with E-state index in [4.69, 9.17) is 18.2 Å². The van der Waals surface area contributed by atoms with E-state index in [-0.39, 0.29) is 6.04 Å². The first kappa shape index (κ1) is 12.1. The highest BCUT2D eigenvalue weighted by molar-refractivity contribution is 6.31. The average Bonchev–Trinajstić information content (AvgIpc) is 2.51. The first-order chi connectivity index (χ1) is 7.11. The molecule has 3 nitrogen and oxygen atoms in total. The van der Waals surface area contributed by atoms with Gasteiger partial charge in [0, 0.05) is 6.42 Å². The zero-order valence-corrected chi connectivity index (χ0v) is 10.2. The molecule has 1 aromatic heterocycles. The average molecular weight is 226 g/mol. The molecule has 0 saturated heterocycles. The van der Waals surface area contributed by atoms with Crippen LogP contribution in [0.1, 0.15) is 45.5 Å². The van der Waals surface area contributed by atoms with Gasteiger partial charge in [0.1, 0.15) is 0 Å². The molecule has 0 saturated carbocycles. The Morgan fingerprint density at radius 2 is 2.20 bits per heavy atom. The lowest BCUT2D eigenvalue weighted by Crippen LogP contribution is -2.05. The number of hydrogen-bond donors (Lipinski definition) is 0. The van der Waals surface area contributed by atoms with Crippen molar-refractivity contribution < 1.29 is 0 Å². The molecule has 1 aromatic rings. The summed E-state index contributed by atoms with van der Waals surface area (Å²) in [5.74, 6) is 1.40. The van der Waals surface area contributed by atoms with Gasteiger partial charge in [0.15, 0.2) is 11.0 Å². The number of unbranched alkanes of at least 4 members (excludes halogenated alkanes) is 1. The maximum absolute atomic E-state index is 7.09. The molecule has 0 amide bonds. The third-order valence-corrected chi connectivity index (χ3v) is 2.55. The first-order valence-corrected chi connectivity index (χ1v) is 5.63. The smallest absolute Gasteiger partial charge is 0.268 e. The number of imidazole rings is 1. The molecule has 0 unspecified atom stereocenters. The molecule has 82 valence electrons. The minimum absolute atomic E-state index is 0.237. The van der Waals surface area contributed by atoms with E-state index in [0.29, 0.717) is 11.0 Å². The zero-order valence-electron chi connectivity index (χ0n) is 9.42. The summed E-state index contributed by atoms with van der Waals surface area (Å²) in [6.45, 7) is 13.3. The van der Waals surface area contributed by atoms with E-state index >= 15 is 0 Å². The summed E-state index contributed by atoms with van der Waals surface area (Å²) in [6, 6.07) is 0.237. The van der Waals surface area contributed by atoms with Crippen LogP contribution in [0.25, 0.3) is 4.85 Å². The third kappa shape index (κ3) is 2.51. The molecule has 0 aliphatic carbocycles. The highest BCUT2D eigenvalue weighted by atomic mass is 35.5. The fourth-order valence-electron chi connectivity index (χ4n) is 1.59. The van der Waals surface area contributed by atoms with E-state index in [0.717, 1.165) is 25.1 Å². The molecular weight excluding hydrogens is 210 g/mol. The molecule has 1 heterocycles. The van der Waals surface area contributed by atoms with Crippen LogP contribution < -0.4 is 0 Å². The summed E-state index contributed by atoms with van der Waals surface area (Å²) in [5.41, 5.74) is 0. The van der Waals surface area contributed by atoms with Crippen molar-refractivity contribution in [1.82, 2.24) is 9.55 Å². The van der Waals surface area contributed by atoms with Crippen LogP contribution in [0.3, 0.4) is 0 Å². The lowest BCUT2D eigenvalue weighted by molar-refractivity contribution is 0.567. The van der Waals surface area contributed by atoms with Crippen LogP contribution in [0, 0.1) is 6.57 Å². The molecule has 0 aliphatic rings. The van der Waals surface area contributed by atoms with Crippen molar-refractivity contribution in [2.75, 3.05) is 0 Å². The summed E-state index contributed by atoms with van der Waals surface area (Å²) < 4.78 is 1.94. The van der Waals surface area contributed by atoms with E-state index in [1.54, 1.807) is 0 Å². The van der Waals surface area contributed by atoms with Crippen molar-refractivity contribution in [3.8, 4) is 0 Å². The fourth-order valence-corrected chi connectivity index (χ4v) is 1.82. The lowest BCUT2D eigenvalue weighted by atomic mass is 10.2. The monoisotopic (exact) mass is 225 g/mol. The number of halogens is 1. The van der Waals surface area contributed by atoms with E-state index < -0.39 is 0 Å². The lowest BCUT2D eigenvalue weighted by Gasteiger charge is -2.08. The van der Waals surface area contributed by atoms with Gasteiger partial charge >= 0.3 is 0 Å². The maximum Gasteiger partial charge on any atom is 0.268 e. The molecular formula is C11H16ClN3. The van der Waals surface area contributed by atoms with Crippen LogP contribution in [0.2, 0.25) is 5.15 Å². The second-order valence-electron chi connectivity index (χ2n) is 3.82. The summed E-state index contributed by atoms with van der Waals surface area (Å²) in [5, 5.41) is 0.338. The van der Waals surface area contributed by atoms with Crippen molar-refractivity contribution in [2.45, 2.75) is 46.1 Å². The largest absolute Gasteiger partial charge is 0.361 e. The predicted octanol–water partition coefficient (Wildman–Crippen LogP) is 4.01. The second kappa shape index (κ2) is 5.18. The van der Waals surface area contributed by atoms with Gasteiger partial charge in [-0.3, -0.25) is 4.57 Å². The molecule has 0 spiro atoms. The van der Waals surface area contributed by atoms with Crippen LogP contribution in [-0.2, 0) is 6.42 Å². The zero-order chi connectivity index (χ0) is 11.4. The number of rotatable bonds is 4. The van der Waals surface area contributed by atoms with Crippen LogP contribution in [0.4, 0.5) is 5.82 Å². The molecule has 0 radical (unpaired) electrons. The summed E-state index contributed by atoms with van der Waals surface area (Å²) in [6.07, 6.45) is 3.09. The molecule has 0 N–H and O–H groups in total. The van der Waals surface area contributed by atoms with E-state index in [2.05, 4.69) is 16.8 Å². The van der Waals surface area contributed by atoms with Crippen molar-refractivity contribution in [2.24, 2.45) is 0 Å². The van der Waals surface area contributed by atoms with Gasteiger partial charge in [0.05, 0.1) is 6.04 Å². The molecule has 0 aromatic carbocycles. The van der Waals surface area contributed by atoms with Gasteiger partial charge in [-0.25, -0.2) is 4.98 Å². The molecule has 0 aliphatic heterocycles. The number of hydrogen-bond acceptors (Lipinski definition) is 1.